The number of hydrogen-bond acceptors (Lipinski definition) is 4. The lowest BCUT2D eigenvalue weighted by molar-refractivity contribution is 0.199. The molecular weight excluding hydrogens is 278 g/mol. The summed E-state index contributed by atoms with van der Waals surface area (Å²) in [7, 11) is 1.68. The highest BCUT2D eigenvalue weighted by Crippen LogP contribution is 2.23. The van der Waals surface area contributed by atoms with Crippen LogP contribution in [0.4, 0.5) is 0 Å². The van der Waals surface area contributed by atoms with Crippen molar-refractivity contribution < 1.29 is 14.6 Å². The van der Waals surface area contributed by atoms with E-state index >= 15 is 0 Å². The summed E-state index contributed by atoms with van der Waals surface area (Å²) in [5.41, 5.74) is 1.05. The zero-order valence-electron chi connectivity index (χ0n) is 12.0. The highest BCUT2D eigenvalue weighted by molar-refractivity contribution is 6.30. The van der Waals surface area contributed by atoms with E-state index in [-0.39, 0.29) is 6.61 Å². The molecule has 114 valence electrons. The standard InChI is InChI=1S/C15H24ClNO3/c1-19-10-7-17-12-13-11-14(16)5-6-15(13)20-9-4-2-3-8-18/h5-6,11,17-18H,2-4,7-10,12H2,1H3. The molecule has 0 aromatic heterocycles. The smallest absolute Gasteiger partial charge is 0.123 e. The molecule has 0 spiro atoms. The molecule has 0 aliphatic carbocycles. The Morgan fingerprint density at radius 3 is 2.80 bits per heavy atom. The third-order valence-corrected chi connectivity index (χ3v) is 3.12. The van der Waals surface area contributed by atoms with Crippen LogP contribution in [0, 0.1) is 0 Å². The molecule has 0 saturated carbocycles. The Hall–Kier alpha value is -0.810. The molecule has 5 heteroatoms. The van der Waals surface area contributed by atoms with Crippen LogP contribution in [0.2, 0.25) is 5.02 Å². The average molecular weight is 302 g/mol. The van der Waals surface area contributed by atoms with Crippen LogP contribution in [0.5, 0.6) is 5.75 Å². The number of aliphatic hydroxyl groups excluding tert-OH is 1. The Balaban J connectivity index is 2.42. The summed E-state index contributed by atoms with van der Waals surface area (Å²) >= 11 is 6.02. The SMILES string of the molecule is COCCNCc1cc(Cl)ccc1OCCCCCO. The van der Waals surface area contributed by atoms with Crippen LogP contribution in [0.3, 0.4) is 0 Å². The lowest BCUT2D eigenvalue weighted by Gasteiger charge is -2.12. The second kappa shape index (κ2) is 10.9. The van der Waals surface area contributed by atoms with Gasteiger partial charge < -0.3 is 19.9 Å². The molecule has 0 saturated heterocycles. The van der Waals surface area contributed by atoms with Gasteiger partial charge in [-0.1, -0.05) is 11.6 Å². The first-order chi connectivity index (χ1) is 9.77. The van der Waals surface area contributed by atoms with Gasteiger partial charge in [-0.2, -0.15) is 0 Å². The predicted molar refractivity (Wildman–Crippen MR) is 81.5 cm³/mol. The molecular formula is C15H24ClNO3. The topological polar surface area (TPSA) is 50.7 Å². The minimum atomic E-state index is 0.246. The zero-order valence-corrected chi connectivity index (χ0v) is 12.8. The predicted octanol–water partition coefficient (Wildman–Crippen LogP) is 2.62. The molecule has 0 fully saturated rings. The van der Waals surface area contributed by atoms with Crippen LogP contribution in [0.15, 0.2) is 18.2 Å². The lowest BCUT2D eigenvalue weighted by Crippen LogP contribution is -2.19. The van der Waals surface area contributed by atoms with Crippen molar-refractivity contribution >= 4 is 11.6 Å². The Morgan fingerprint density at radius 2 is 2.05 bits per heavy atom. The van der Waals surface area contributed by atoms with Crippen LogP contribution in [-0.2, 0) is 11.3 Å². The van der Waals surface area contributed by atoms with E-state index in [9.17, 15) is 0 Å². The van der Waals surface area contributed by atoms with E-state index in [1.54, 1.807) is 7.11 Å². The van der Waals surface area contributed by atoms with Gasteiger partial charge in [0.05, 0.1) is 13.2 Å². The number of hydrogen-bond donors (Lipinski definition) is 2. The third-order valence-electron chi connectivity index (χ3n) is 2.88. The molecule has 0 aliphatic heterocycles. The molecule has 0 amide bonds. The van der Waals surface area contributed by atoms with Gasteiger partial charge in [0.2, 0.25) is 0 Å². The molecule has 1 rings (SSSR count). The molecule has 1 aromatic carbocycles. The van der Waals surface area contributed by atoms with Crippen LogP contribution in [0.1, 0.15) is 24.8 Å². The second-order valence-electron chi connectivity index (χ2n) is 4.55. The summed E-state index contributed by atoms with van der Waals surface area (Å²) in [5.74, 6) is 0.864. The van der Waals surface area contributed by atoms with Gasteiger partial charge in [0, 0.05) is 37.4 Å². The fourth-order valence-corrected chi connectivity index (χ4v) is 1.99. The molecule has 0 unspecified atom stereocenters. The normalized spacial score (nSPS) is 10.8. The van der Waals surface area contributed by atoms with Gasteiger partial charge in [-0.15, -0.1) is 0 Å². The van der Waals surface area contributed by atoms with Crippen LogP contribution >= 0.6 is 11.6 Å². The van der Waals surface area contributed by atoms with E-state index < -0.39 is 0 Å². The molecule has 0 bridgehead atoms. The maximum Gasteiger partial charge on any atom is 0.123 e. The van der Waals surface area contributed by atoms with Crippen LogP contribution in [-0.4, -0.2) is 38.6 Å². The monoisotopic (exact) mass is 301 g/mol. The van der Waals surface area contributed by atoms with E-state index in [1.807, 2.05) is 18.2 Å². The van der Waals surface area contributed by atoms with E-state index in [0.717, 1.165) is 37.1 Å². The fraction of sp³-hybridized carbons (Fsp3) is 0.600. The molecule has 0 atom stereocenters. The molecule has 20 heavy (non-hydrogen) atoms. The Morgan fingerprint density at radius 1 is 1.20 bits per heavy atom. The molecule has 2 N–H and O–H groups in total. The second-order valence-corrected chi connectivity index (χ2v) is 4.99. The Labute approximate surface area is 126 Å². The van der Waals surface area contributed by atoms with Gasteiger partial charge in [-0.25, -0.2) is 0 Å². The number of rotatable bonds is 11. The number of ether oxygens (including phenoxy) is 2. The van der Waals surface area contributed by atoms with Crippen molar-refractivity contribution in [1.29, 1.82) is 0 Å². The number of benzene rings is 1. The summed E-state index contributed by atoms with van der Waals surface area (Å²) in [5, 5.41) is 12.7. The first-order valence-corrected chi connectivity index (χ1v) is 7.37. The molecule has 0 heterocycles. The van der Waals surface area contributed by atoms with Crippen molar-refractivity contribution in [2.24, 2.45) is 0 Å². The molecule has 1 aromatic rings. The molecule has 0 aliphatic rings. The highest BCUT2D eigenvalue weighted by atomic mass is 35.5. The minimum absolute atomic E-state index is 0.246. The molecule has 4 nitrogen and oxygen atoms in total. The fourth-order valence-electron chi connectivity index (χ4n) is 1.80. The summed E-state index contributed by atoms with van der Waals surface area (Å²) in [6.07, 6.45) is 2.75. The maximum atomic E-state index is 8.72. The first-order valence-electron chi connectivity index (χ1n) is 6.99. The largest absolute Gasteiger partial charge is 0.493 e. The quantitative estimate of drug-likeness (QED) is 0.617. The van der Waals surface area contributed by atoms with Crippen molar-refractivity contribution in [3.05, 3.63) is 28.8 Å². The van der Waals surface area contributed by atoms with E-state index in [1.165, 1.54) is 0 Å². The van der Waals surface area contributed by atoms with Crippen LogP contribution in [0.25, 0.3) is 0 Å². The van der Waals surface area contributed by atoms with Crippen molar-refractivity contribution in [1.82, 2.24) is 5.32 Å². The van der Waals surface area contributed by atoms with Crippen molar-refractivity contribution in [3.8, 4) is 5.75 Å². The van der Waals surface area contributed by atoms with Gasteiger partial charge >= 0.3 is 0 Å². The van der Waals surface area contributed by atoms with Gasteiger partial charge in [0.1, 0.15) is 5.75 Å². The highest BCUT2D eigenvalue weighted by Gasteiger charge is 2.04. The number of aliphatic hydroxyl groups is 1. The summed E-state index contributed by atoms with van der Waals surface area (Å²) < 4.78 is 10.8. The van der Waals surface area contributed by atoms with Crippen molar-refractivity contribution in [2.45, 2.75) is 25.8 Å². The minimum Gasteiger partial charge on any atom is -0.493 e. The number of halogens is 1. The maximum absolute atomic E-state index is 8.72. The number of methoxy groups -OCH3 is 1. The lowest BCUT2D eigenvalue weighted by atomic mass is 10.2. The van der Waals surface area contributed by atoms with Crippen molar-refractivity contribution in [3.63, 3.8) is 0 Å². The van der Waals surface area contributed by atoms with E-state index in [4.69, 9.17) is 26.2 Å². The first kappa shape index (κ1) is 17.2. The molecule has 0 radical (unpaired) electrons. The zero-order chi connectivity index (χ0) is 14.6. The Bertz CT molecular complexity index is 374. The van der Waals surface area contributed by atoms with E-state index in [0.29, 0.717) is 24.8 Å². The van der Waals surface area contributed by atoms with Crippen LogP contribution < -0.4 is 10.1 Å². The van der Waals surface area contributed by atoms with Gasteiger partial charge in [-0.05, 0) is 37.5 Å². The van der Waals surface area contributed by atoms with Crippen molar-refractivity contribution in [2.75, 3.05) is 33.5 Å². The van der Waals surface area contributed by atoms with E-state index in [2.05, 4.69) is 5.32 Å². The summed E-state index contributed by atoms with van der Waals surface area (Å²) in [4.78, 5) is 0. The van der Waals surface area contributed by atoms with Gasteiger partial charge in [0.15, 0.2) is 0 Å². The number of unbranched alkanes of at least 4 members (excludes halogenated alkanes) is 2. The summed E-state index contributed by atoms with van der Waals surface area (Å²) in [6, 6.07) is 5.66. The van der Waals surface area contributed by atoms with Gasteiger partial charge in [0.25, 0.3) is 0 Å². The van der Waals surface area contributed by atoms with Gasteiger partial charge in [-0.3, -0.25) is 0 Å². The Kier molecular flexibility index (Phi) is 9.41. The summed E-state index contributed by atoms with van der Waals surface area (Å²) in [6.45, 7) is 3.08. The third kappa shape index (κ3) is 7.10. The average Bonchev–Trinajstić information content (AvgIpc) is 2.45. The number of nitrogens with one attached hydrogen (secondary N) is 1.